The molecule has 0 radical (unpaired) electrons. The highest BCUT2D eigenvalue weighted by Gasteiger charge is 2.52. The molecule has 0 bridgehead atoms. The first-order valence-electron chi connectivity index (χ1n) is 8.39. The van der Waals surface area contributed by atoms with Gasteiger partial charge in [0.2, 0.25) is 0 Å². The van der Waals surface area contributed by atoms with E-state index in [2.05, 4.69) is 33.8 Å². The molecule has 22 heavy (non-hydrogen) atoms. The second-order valence-corrected chi connectivity index (χ2v) is 7.44. The first-order valence-corrected chi connectivity index (χ1v) is 8.39. The molecule has 1 saturated heterocycles. The molecule has 1 aliphatic carbocycles. The number of rotatable bonds is 4. The fourth-order valence-electron chi connectivity index (χ4n) is 3.00. The number of carbonyl (C=O) groups is 1. The lowest BCUT2D eigenvalue weighted by Crippen LogP contribution is -2.41. The van der Waals surface area contributed by atoms with Crippen molar-refractivity contribution in [3.05, 3.63) is 11.5 Å². The number of carbonyl (C=O) groups excluding carboxylic acids is 1. The molecule has 4 nitrogen and oxygen atoms in total. The molecule has 5 heteroatoms. The van der Waals surface area contributed by atoms with Gasteiger partial charge in [-0.1, -0.05) is 13.0 Å². The normalized spacial score (nSPS) is 28.2. The van der Waals surface area contributed by atoms with Crippen LogP contribution in [0.3, 0.4) is 0 Å². The second-order valence-electron chi connectivity index (χ2n) is 7.44. The van der Waals surface area contributed by atoms with Crippen molar-refractivity contribution in [2.24, 2.45) is 11.8 Å². The van der Waals surface area contributed by atoms with E-state index in [-0.39, 0.29) is 30.2 Å². The zero-order valence-electron chi connectivity index (χ0n) is 14.8. The topological polar surface area (TPSA) is 44.8 Å². The Kier molecular flexibility index (Phi) is 5.08. The van der Waals surface area contributed by atoms with E-state index in [1.807, 2.05) is 13.8 Å². The van der Waals surface area contributed by atoms with Crippen molar-refractivity contribution in [3.8, 4) is 0 Å². The molecule has 2 aliphatic rings. The third-order valence-corrected chi connectivity index (χ3v) is 5.41. The van der Waals surface area contributed by atoms with Gasteiger partial charge in [0, 0.05) is 0 Å². The lowest BCUT2D eigenvalue weighted by atomic mass is 9.69. The quantitative estimate of drug-likeness (QED) is 0.588. The van der Waals surface area contributed by atoms with E-state index >= 15 is 0 Å². The van der Waals surface area contributed by atoms with Crippen LogP contribution in [0.15, 0.2) is 11.5 Å². The molecule has 2 unspecified atom stereocenters. The van der Waals surface area contributed by atoms with E-state index in [9.17, 15) is 4.79 Å². The van der Waals surface area contributed by atoms with Gasteiger partial charge in [0.05, 0.1) is 23.7 Å². The molecular formula is C17H29BO4. The Labute approximate surface area is 134 Å². The zero-order valence-corrected chi connectivity index (χ0v) is 14.8. The largest absolute Gasteiger partial charge is 0.490 e. The van der Waals surface area contributed by atoms with E-state index in [1.165, 1.54) is 5.47 Å². The molecule has 1 aliphatic heterocycles. The summed E-state index contributed by atoms with van der Waals surface area (Å²) >= 11 is 0. The molecule has 0 aromatic carbocycles. The van der Waals surface area contributed by atoms with Crippen LogP contribution >= 0.6 is 0 Å². The predicted molar refractivity (Wildman–Crippen MR) is 87.3 cm³/mol. The van der Waals surface area contributed by atoms with Gasteiger partial charge >= 0.3 is 13.1 Å². The smallest absolute Gasteiger partial charge is 0.466 e. The van der Waals surface area contributed by atoms with Gasteiger partial charge in [-0.2, -0.15) is 0 Å². The van der Waals surface area contributed by atoms with Gasteiger partial charge in [0.25, 0.3) is 0 Å². The second kappa shape index (κ2) is 6.36. The lowest BCUT2D eigenvalue weighted by molar-refractivity contribution is -0.149. The van der Waals surface area contributed by atoms with Gasteiger partial charge in [-0.05, 0) is 65.3 Å². The van der Waals surface area contributed by atoms with Crippen molar-refractivity contribution in [2.45, 2.75) is 72.0 Å². The molecule has 0 aromatic heterocycles. The van der Waals surface area contributed by atoms with Crippen LogP contribution in [0.5, 0.6) is 0 Å². The van der Waals surface area contributed by atoms with E-state index in [0.717, 1.165) is 19.3 Å². The third kappa shape index (κ3) is 3.41. The van der Waals surface area contributed by atoms with E-state index in [0.29, 0.717) is 12.5 Å². The summed E-state index contributed by atoms with van der Waals surface area (Å²) in [6, 6.07) is 0. The Bertz CT molecular complexity index is 440. The maximum atomic E-state index is 11.9. The fraction of sp³-hybridized carbons (Fsp3) is 0.824. The van der Waals surface area contributed by atoms with Crippen LogP contribution in [0.25, 0.3) is 0 Å². The number of ether oxygens (including phenoxy) is 1. The van der Waals surface area contributed by atoms with Crippen LogP contribution in [-0.2, 0) is 18.8 Å². The average Bonchev–Trinajstić information content (AvgIpc) is 2.67. The minimum Gasteiger partial charge on any atom is -0.466 e. The Morgan fingerprint density at radius 3 is 2.41 bits per heavy atom. The highest BCUT2D eigenvalue weighted by molar-refractivity contribution is 6.54. The van der Waals surface area contributed by atoms with Crippen molar-refractivity contribution in [2.75, 3.05) is 6.61 Å². The predicted octanol–water partition coefficient (Wildman–Crippen LogP) is 3.54. The molecule has 0 amide bonds. The summed E-state index contributed by atoms with van der Waals surface area (Å²) in [5, 5.41) is 0. The highest BCUT2D eigenvalue weighted by atomic mass is 16.7. The van der Waals surface area contributed by atoms with Crippen molar-refractivity contribution in [3.63, 3.8) is 0 Å². The molecule has 124 valence electrons. The Hall–Kier alpha value is -0.805. The van der Waals surface area contributed by atoms with Gasteiger partial charge in [0.1, 0.15) is 0 Å². The van der Waals surface area contributed by atoms with E-state index in [4.69, 9.17) is 14.0 Å². The van der Waals surface area contributed by atoms with Crippen molar-refractivity contribution in [1.29, 1.82) is 0 Å². The van der Waals surface area contributed by atoms with Crippen molar-refractivity contribution >= 4 is 13.1 Å². The summed E-state index contributed by atoms with van der Waals surface area (Å²) in [5.41, 5.74) is 0.618. The molecule has 2 atom stereocenters. The first-order chi connectivity index (χ1) is 10.2. The Morgan fingerprint density at radius 2 is 1.95 bits per heavy atom. The molecule has 0 saturated carbocycles. The molecule has 2 rings (SSSR count). The van der Waals surface area contributed by atoms with E-state index in [1.54, 1.807) is 0 Å². The monoisotopic (exact) mass is 308 g/mol. The maximum absolute atomic E-state index is 11.9. The third-order valence-electron chi connectivity index (χ3n) is 5.41. The fourth-order valence-corrected chi connectivity index (χ4v) is 3.00. The molecule has 0 aromatic rings. The standard InChI is InChI=1S/C17H29BO4/c1-7-20-15(19)12(2)13-8-10-14(11-9-13)18-21-16(3,4)17(5,6)22-18/h10,12-13H,7-9,11H2,1-6H3. The Balaban J connectivity index is 1.97. The Morgan fingerprint density at radius 1 is 1.36 bits per heavy atom. The molecule has 1 fully saturated rings. The summed E-state index contributed by atoms with van der Waals surface area (Å²) in [5.74, 6) is 0.223. The SMILES string of the molecule is CCOC(=O)C(C)C1CC=C(B2OC(C)(C)C(C)(C)O2)CC1. The van der Waals surface area contributed by atoms with E-state index < -0.39 is 0 Å². The molecule has 0 spiro atoms. The number of esters is 1. The van der Waals surface area contributed by atoms with Crippen molar-refractivity contribution in [1.82, 2.24) is 0 Å². The minimum absolute atomic E-state index is 0.0453. The van der Waals surface area contributed by atoms with Gasteiger partial charge in [-0.15, -0.1) is 0 Å². The van der Waals surface area contributed by atoms with Crippen LogP contribution in [0.1, 0.15) is 60.8 Å². The van der Waals surface area contributed by atoms with Crippen LogP contribution in [0.4, 0.5) is 0 Å². The molecule has 0 N–H and O–H groups in total. The van der Waals surface area contributed by atoms with Gasteiger partial charge in [-0.3, -0.25) is 4.79 Å². The number of hydrogen-bond acceptors (Lipinski definition) is 4. The summed E-state index contributed by atoms with van der Waals surface area (Å²) in [7, 11) is -0.246. The number of hydrogen-bond donors (Lipinski definition) is 0. The van der Waals surface area contributed by atoms with Gasteiger partial charge in [0.15, 0.2) is 0 Å². The summed E-state index contributed by atoms with van der Waals surface area (Å²) in [6.07, 6.45) is 4.99. The maximum Gasteiger partial charge on any atom is 0.490 e. The highest BCUT2D eigenvalue weighted by Crippen LogP contribution is 2.41. The minimum atomic E-state index is -0.298. The molecule has 1 heterocycles. The summed E-state index contributed by atoms with van der Waals surface area (Å²) < 4.78 is 17.3. The lowest BCUT2D eigenvalue weighted by Gasteiger charge is -2.32. The van der Waals surface area contributed by atoms with Gasteiger partial charge in [-0.25, -0.2) is 0 Å². The van der Waals surface area contributed by atoms with Crippen LogP contribution in [-0.4, -0.2) is 30.9 Å². The average molecular weight is 308 g/mol. The van der Waals surface area contributed by atoms with Crippen LogP contribution < -0.4 is 0 Å². The number of allylic oxidation sites excluding steroid dienone is 2. The summed E-state index contributed by atoms with van der Waals surface area (Å²) in [6.45, 7) is 12.6. The molecular weight excluding hydrogens is 279 g/mol. The van der Waals surface area contributed by atoms with Crippen LogP contribution in [0.2, 0.25) is 0 Å². The van der Waals surface area contributed by atoms with Crippen molar-refractivity contribution < 1.29 is 18.8 Å². The van der Waals surface area contributed by atoms with Crippen LogP contribution in [0, 0.1) is 11.8 Å². The summed E-state index contributed by atoms with van der Waals surface area (Å²) in [4.78, 5) is 11.9. The first kappa shape index (κ1) is 17.5. The van der Waals surface area contributed by atoms with Gasteiger partial charge < -0.3 is 14.0 Å². The zero-order chi connectivity index (χ0) is 16.5.